The molecule has 0 aromatic carbocycles. The van der Waals surface area contributed by atoms with Gasteiger partial charge in [-0.05, 0) is 64.2 Å². The van der Waals surface area contributed by atoms with Gasteiger partial charge in [0.2, 0.25) is 0 Å². The molecule has 0 spiro atoms. The Labute approximate surface area is 285 Å². The van der Waals surface area contributed by atoms with Crippen LogP contribution in [0.5, 0.6) is 0 Å². The third-order valence-electron chi connectivity index (χ3n) is 8.72. The summed E-state index contributed by atoms with van der Waals surface area (Å²) in [6.45, 7) is 7.17. The third kappa shape index (κ3) is 33.7. The van der Waals surface area contributed by atoms with Crippen LogP contribution in [-0.2, 0) is 19.1 Å². The van der Waals surface area contributed by atoms with E-state index in [-0.39, 0.29) is 24.1 Å². The Hall–Kier alpha value is -1.62. The van der Waals surface area contributed by atoms with Crippen LogP contribution in [0.15, 0.2) is 24.3 Å². The lowest BCUT2D eigenvalue weighted by molar-refractivity contribution is -0.149. The second-order valence-electron chi connectivity index (χ2n) is 13.4. The average molecular weight is 649 g/mol. The molecule has 0 saturated heterocycles. The van der Waals surface area contributed by atoms with Crippen LogP contribution in [0, 0.1) is 0 Å². The summed E-state index contributed by atoms with van der Waals surface area (Å²) in [5.74, 6) is -0.100. The minimum atomic E-state index is -0.183. The van der Waals surface area contributed by atoms with Crippen LogP contribution < -0.4 is 0 Å². The molecule has 0 aliphatic heterocycles. The van der Waals surface area contributed by atoms with E-state index in [1.165, 1.54) is 64.2 Å². The second-order valence-corrected chi connectivity index (χ2v) is 13.4. The van der Waals surface area contributed by atoms with E-state index in [4.69, 9.17) is 9.47 Å². The molecule has 0 rings (SSSR count). The number of hydrogen-bond donors (Lipinski definition) is 1. The molecule has 1 N–H and O–H groups in total. The highest BCUT2D eigenvalue weighted by molar-refractivity contribution is 5.69. The maximum absolute atomic E-state index is 12.4. The maximum Gasteiger partial charge on any atom is 0.306 e. The molecule has 5 nitrogen and oxygen atoms in total. The number of ether oxygens (including phenoxy) is 2. The van der Waals surface area contributed by atoms with Crippen molar-refractivity contribution in [1.29, 1.82) is 0 Å². The number of allylic oxidation sites excluding steroid dienone is 2. The molecular weight excluding hydrogens is 572 g/mol. The minimum Gasteiger partial charge on any atom is -0.466 e. The van der Waals surface area contributed by atoms with Crippen molar-refractivity contribution in [3.63, 3.8) is 0 Å². The summed E-state index contributed by atoms with van der Waals surface area (Å²) in [6.07, 6.45) is 39.2. The Morgan fingerprint density at radius 1 is 0.522 bits per heavy atom. The van der Waals surface area contributed by atoms with Gasteiger partial charge in [-0.25, -0.2) is 0 Å². The van der Waals surface area contributed by atoms with Gasteiger partial charge in [-0.3, -0.25) is 9.59 Å². The summed E-state index contributed by atoms with van der Waals surface area (Å²) in [5.41, 5.74) is 0. The molecule has 0 bridgehead atoms. The van der Waals surface area contributed by atoms with Crippen molar-refractivity contribution in [1.82, 2.24) is 0 Å². The van der Waals surface area contributed by atoms with Crippen LogP contribution >= 0.6 is 0 Å². The van der Waals surface area contributed by atoms with E-state index < -0.39 is 0 Å². The van der Waals surface area contributed by atoms with Crippen LogP contribution in [0.2, 0.25) is 0 Å². The van der Waals surface area contributed by atoms with Crippen molar-refractivity contribution in [3.8, 4) is 0 Å². The summed E-state index contributed by atoms with van der Waals surface area (Å²) in [5, 5.41) is 10.0. The van der Waals surface area contributed by atoms with E-state index in [0.29, 0.717) is 19.4 Å². The van der Waals surface area contributed by atoms with E-state index in [9.17, 15) is 14.7 Å². The zero-order valence-corrected chi connectivity index (χ0v) is 30.8. The van der Waals surface area contributed by atoms with Gasteiger partial charge in [0, 0.05) is 19.3 Å². The quantitative estimate of drug-likeness (QED) is 0.0420. The average Bonchev–Trinajstić information content (AvgIpc) is 3.04. The number of hydrogen-bond acceptors (Lipinski definition) is 5. The predicted octanol–water partition coefficient (Wildman–Crippen LogP) is 12.3. The van der Waals surface area contributed by atoms with Crippen molar-refractivity contribution in [2.75, 3.05) is 6.61 Å². The molecule has 0 aromatic heterocycles. The summed E-state index contributed by atoms with van der Waals surface area (Å²) >= 11 is 0. The lowest BCUT2D eigenvalue weighted by Crippen LogP contribution is -2.17. The molecule has 0 saturated carbocycles. The standard InChI is InChI=1S/C41H76O5/c1-4-7-10-19-27-34-39(33-26-12-9-6-3)46-41(44)36-29-22-17-18-23-30-37-45-40(43)35-28-21-16-14-13-15-20-25-32-38(42)31-24-11-8-5-2/h19-20,25,27,38-39,42H,4-18,21-24,26,28-37H2,1-3H3/b25-20-,27-19-. The van der Waals surface area contributed by atoms with Gasteiger partial charge in [-0.1, -0.05) is 148 Å². The largest absolute Gasteiger partial charge is 0.466 e. The highest BCUT2D eigenvalue weighted by atomic mass is 16.5. The first-order valence-corrected chi connectivity index (χ1v) is 19.9. The normalized spacial score (nSPS) is 13.0. The Morgan fingerprint density at radius 3 is 1.67 bits per heavy atom. The Morgan fingerprint density at radius 2 is 1.02 bits per heavy atom. The smallest absolute Gasteiger partial charge is 0.306 e. The van der Waals surface area contributed by atoms with Crippen LogP contribution in [-0.4, -0.2) is 35.9 Å². The van der Waals surface area contributed by atoms with Crippen LogP contribution in [0.4, 0.5) is 0 Å². The fourth-order valence-corrected chi connectivity index (χ4v) is 5.65. The van der Waals surface area contributed by atoms with Crippen molar-refractivity contribution in [2.24, 2.45) is 0 Å². The number of carbonyl (C=O) groups is 2. The number of aliphatic hydroxyl groups excluding tert-OH is 1. The first-order valence-electron chi connectivity index (χ1n) is 19.9. The van der Waals surface area contributed by atoms with Gasteiger partial charge in [0.15, 0.2) is 0 Å². The third-order valence-corrected chi connectivity index (χ3v) is 8.72. The SMILES string of the molecule is CCCC/C=C\CC(CCCCCC)OC(=O)CCCCCCCCOC(=O)CCCCCCC/C=C\CC(O)CCCCCC. The fourth-order valence-electron chi connectivity index (χ4n) is 5.65. The molecular formula is C41H76O5. The molecule has 2 unspecified atom stereocenters. The van der Waals surface area contributed by atoms with Crippen molar-refractivity contribution < 1.29 is 24.2 Å². The minimum absolute atomic E-state index is 0.0269. The number of esters is 2. The highest BCUT2D eigenvalue weighted by Gasteiger charge is 2.13. The van der Waals surface area contributed by atoms with E-state index in [0.717, 1.165) is 109 Å². The Bertz CT molecular complexity index is 716. The van der Waals surface area contributed by atoms with Gasteiger partial charge in [-0.15, -0.1) is 0 Å². The molecule has 5 heteroatoms. The van der Waals surface area contributed by atoms with Gasteiger partial charge >= 0.3 is 11.9 Å². The molecule has 0 amide bonds. The zero-order chi connectivity index (χ0) is 33.8. The van der Waals surface area contributed by atoms with Crippen molar-refractivity contribution in [2.45, 2.75) is 219 Å². The molecule has 2 atom stereocenters. The summed E-state index contributed by atoms with van der Waals surface area (Å²) in [7, 11) is 0. The zero-order valence-electron chi connectivity index (χ0n) is 30.8. The first-order chi connectivity index (χ1) is 22.5. The molecule has 0 aromatic rings. The monoisotopic (exact) mass is 649 g/mol. The number of rotatable bonds is 35. The van der Waals surface area contributed by atoms with Crippen LogP contribution in [0.25, 0.3) is 0 Å². The van der Waals surface area contributed by atoms with Gasteiger partial charge < -0.3 is 14.6 Å². The lowest BCUT2D eigenvalue weighted by Gasteiger charge is -2.16. The van der Waals surface area contributed by atoms with E-state index in [2.05, 4.69) is 45.1 Å². The predicted molar refractivity (Wildman–Crippen MR) is 196 cm³/mol. The lowest BCUT2D eigenvalue weighted by atomic mass is 10.1. The number of carbonyl (C=O) groups excluding carboxylic acids is 2. The van der Waals surface area contributed by atoms with E-state index >= 15 is 0 Å². The molecule has 0 fully saturated rings. The Kier molecular flexibility index (Phi) is 34.9. The highest BCUT2D eigenvalue weighted by Crippen LogP contribution is 2.16. The molecule has 0 aliphatic carbocycles. The van der Waals surface area contributed by atoms with Gasteiger partial charge in [0.25, 0.3) is 0 Å². The van der Waals surface area contributed by atoms with E-state index in [1.54, 1.807) is 0 Å². The van der Waals surface area contributed by atoms with Gasteiger partial charge in [0.1, 0.15) is 6.10 Å². The van der Waals surface area contributed by atoms with Crippen molar-refractivity contribution in [3.05, 3.63) is 24.3 Å². The molecule has 270 valence electrons. The second kappa shape index (κ2) is 36.2. The molecule has 46 heavy (non-hydrogen) atoms. The molecule has 0 radical (unpaired) electrons. The number of aliphatic hydroxyl groups is 1. The Balaban J connectivity index is 3.66. The molecule has 0 heterocycles. The van der Waals surface area contributed by atoms with Crippen molar-refractivity contribution >= 4 is 11.9 Å². The maximum atomic E-state index is 12.4. The fraction of sp³-hybridized carbons (Fsp3) is 0.854. The van der Waals surface area contributed by atoms with Crippen LogP contribution in [0.1, 0.15) is 207 Å². The molecule has 0 aliphatic rings. The summed E-state index contributed by atoms with van der Waals surface area (Å²) in [4.78, 5) is 24.4. The topological polar surface area (TPSA) is 72.8 Å². The summed E-state index contributed by atoms with van der Waals surface area (Å²) < 4.78 is 11.3. The summed E-state index contributed by atoms with van der Waals surface area (Å²) in [6, 6.07) is 0. The first kappa shape index (κ1) is 44.4. The number of unbranched alkanes of at least 4 members (excludes halogenated alkanes) is 18. The van der Waals surface area contributed by atoms with E-state index in [1.807, 2.05) is 0 Å². The van der Waals surface area contributed by atoms with Gasteiger partial charge in [-0.2, -0.15) is 0 Å². The van der Waals surface area contributed by atoms with Gasteiger partial charge in [0.05, 0.1) is 12.7 Å². The van der Waals surface area contributed by atoms with Crippen LogP contribution in [0.3, 0.4) is 0 Å².